The van der Waals surface area contributed by atoms with Gasteiger partial charge in [-0.15, -0.1) is 0 Å². The summed E-state index contributed by atoms with van der Waals surface area (Å²) in [6.45, 7) is 10.3. The third kappa shape index (κ3) is 5.74. The Labute approximate surface area is 248 Å². The first kappa shape index (κ1) is 28.3. The molecule has 0 aliphatic carbocycles. The number of likely N-dealkylation sites (tertiary alicyclic amines) is 1. The minimum Gasteiger partial charge on any atom is -0.369 e. The number of carbonyl (C=O) groups excluding carboxylic acids is 2. The summed E-state index contributed by atoms with van der Waals surface area (Å²) in [6, 6.07) is 19.1. The van der Waals surface area contributed by atoms with E-state index >= 15 is 0 Å². The van der Waals surface area contributed by atoms with Crippen LogP contribution >= 0.6 is 0 Å². The van der Waals surface area contributed by atoms with Gasteiger partial charge in [0.05, 0.1) is 11.4 Å². The summed E-state index contributed by atoms with van der Waals surface area (Å²) < 4.78 is 1.93. The molecular weight excluding hydrogens is 524 g/mol. The predicted molar refractivity (Wildman–Crippen MR) is 168 cm³/mol. The van der Waals surface area contributed by atoms with Crippen molar-refractivity contribution in [3.05, 3.63) is 93.4 Å². The summed E-state index contributed by atoms with van der Waals surface area (Å²) in [5, 5.41) is 3.18. The molecule has 2 atom stereocenters. The van der Waals surface area contributed by atoms with Crippen LogP contribution in [-0.4, -0.2) is 47.5 Å². The van der Waals surface area contributed by atoms with Crippen molar-refractivity contribution in [2.75, 3.05) is 36.4 Å². The lowest BCUT2D eigenvalue weighted by Gasteiger charge is -2.44. The molecule has 0 unspecified atom stereocenters. The molecule has 0 spiro atoms. The molecule has 220 valence electrons. The summed E-state index contributed by atoms with van der Waals surface area (Å²) >= 11 is 0. The zero-order valence-corrected chi connectivity index (χ0v) is 25.1. The molecule has 42 heavy (non-hydrogen) atoms. The monoisotopic (exact) mass is 566 g/mol. The molecule has 7 heteroatoms. The van der Waals surface area contributed by atoms with Gasteiger partial charge in [-0.25, -0.2) is 0 Å². The van der Waals surface area contributed by atoms with E-state index in [1.54, 1.807) is 6.07 Å². The third-order valence-electron chi connectivity index (χ3n) is 9.22. The minimum atomic E-state index is -0.190. The highest BCUT2D eigenvalue weighted by Gasteiger charge is 2.35. The van der Waals surface area contributed by atoms with Gasteiger partial charge in [0.2, 0.25) is 0 Å². The number of rotatable bonds is 4. The van der Waals surface area contributed by atoms with E-state index in [-0.39, 0.29) is 28.7 Å². The Morgan fingerprint density at radius 3 is 2.26 bits per heavy atom. The first-order valence-electron chi connectivity index (χ1n) is 15.5. The lowest BCUT2D eigenvalue weighted by atomic mass is 9.83. The molecule has 3 aromatic rings. The van der Waals surface area contributed by atoms with E-state index in [1.807, 2.05) is 58.0 Å². The summed E-state index contributed by atoms with van der Waals surface area (Å²) in [4.78, 5) is 44.0. The average molecular weight is 567 g/mol. The highest BCUT2D eigenvalue weighted by Crippen LogP contribution is 2.39. The quantitative estimate of drug-likeness (QED) is 0.418. The van der Waals surface area contributed by atoms with E-state index in [0.29, 0.717) is 29.3 Å². The van der Waals surface area contributed by atoms with E-state index in [0.717, 1.165) is 69.7 Å². The predicted octanol–water partition coefficient (Wildman–Crippen LogP) is 6.04. The number of piperidine rings is 1. The van der Waals surface area contributed by atoms with Crippen LogP contribution in [0, 0.1) is 5.92 Å². The molecule has 6 rings (SSSR count). The fourth-order valence-corrected chi connectivity index (χ4v) is 6.91. The number of anilines is 2. The number of hydrogen-bond acceptors (Lipinski definition) is 4. The van der Waals surface area contributed by atoms with Crippen LogP contribution in [0.25, 0.3) is 0 Å². The van der Waals surface area contributed by atoms with Gasteiger partial charge in [0.15, 0.2) is 0 Å². The van der Waals surface area contributed by atoms with Gasteiger partial charge in [-0.1, -0.05) is 51.8 Å². The summed E-state index contributed by atoms with van der Waals surface area (Å²) in [7, 11) is 0. The van der Waals surface area contributed by atoms with Crippen molar-refractivity contribution in [3.63, 3.8) is 0 Å². The van der Waals surface area contributed by atoms with Crippen LogP contribution in [0.3, 0.4) is 0 Å². The average Bonchev–Trinajstić information content (AvgIpc) is 3.27. The smallest absolute Gasteiger partial charge is 0.255 e. The van der Waals surface area contributed by atoms with Crippen LogP contribution in [0.15, 0.2) is 65.5 Å². The van der Waals surface area contributed by atoms with Crippen molar-refractivity contribution in [3.8, 4) is 0 Å². The number of nitrogens with one attached hydrogen (secondary N) is 1. The molecule has 2 aromatic carbocycles. The standard InChI is InChI=1S/C35H42N4O3/c1-35(2,3)28-14-11-25(12-15-28)33(41)36-29-20-26(34(42)37-17-6-4-5-7-18-37)13-16-31(29)38-21-24-19-27(23-38)30-9-8-10-32(40)39(30)22-24/h8-16,20,24,27H,4-7,17-19,21-23H2,1-3H3,(H,36,41)/t24-,27+/m1/s1. The number of nitrogens with zero attached hydrogens (tertiary/aromatic N) is 3. The van der Waals surface area contributed by atoms with Gasteiger partial charge in [-0.05, 0) is 72.6 Å². The molecule has 1 N–H and O–H groups in total. The molecular formula is C35H42N4O3. The lowest BCUT2D eigenvalue weighted by Crippen LogP contribution is -2.47. The number of carbonyl (C=O) groups is 2. The second kappa shape index (κ2) is 11.4. The van der Waals surface area contributed by atoms with E-state index < -0.39 is 0 Å². The molecule has 1 aromatic heterocycles. The maximum atomic E-state index is 13.6. The second-order valence-corrected chi connectivity index (χ2v) is 13.3. The Bertz CT molecular complexity index is 1530. The molecule has 2 bridgehead atoms. The Hall–Kier alpha value is -3.87. The van der Waals surface area contributed by atoms with Crippen molar-refractivity contribution in [2.24, 2.45) is 5.92 Å². The number of pyridine rings is 1. The van der Waals surface area contributed by atoms with E-state index in [4.69, 9.17) is 0 Å². The van der Waals surface area contributed by atoms with Crippen LogP contribution < -0.4 is 15.8 Å². The Morgan fingerprint density at radius 1 is 0.833 bits per heavy atom. The first-order valence-corrected chi connectivity index (χ1v) is 15.5. The van der Waals surface area contributed by atoms with Crippen molar-refractivity contribution in [1.82, 2.24) is 9.47 Å². The van der Waals surface area contributed by atoms with E-state index in [2.05, 4.69) is 37.1 Å². The number of amides is 2. The Morgan fingerprint density at radius 2 is 1.55 bits per heavy atom. The summed E-state index contributed by atoms with van der Waals surface area (Å²) in [5.41, 5.74) is 5.09. The molecule has 4 heterocycles. The normalized spacial score (nSPS) is 20.5. The zero-order valence-electron chi connectivity index (χ0n) is 25.1. The van der Waals surface area contributed by atoms with Crippen LogP contribution in [0.5, 0.6) is 0 Å². The Kier molecular flexibility index (Phi) is 7.69. The number of benzene rings is 2. The fraction of sp³-hybridized carbons (Fsp3) is 0.457. The molecule has 2 fully saturated rings. The van der Waals surface area contributed by atoms with Crippen molar-refractivity contribution in [2.45, 2.75) is 70.8 Å². The lowest BCUT2D eigenvalue weighted by molar-refractivity contribution is 0.0761. The highest BCUT2D eigenvalue weighted by molar-refractivity contribution is 6.07. The van der Waals surface area contributed by atoms with E-state index in [1.165, 1.54) is 5.56 Å². The Balaban J connectivity index is 1.32. The van der Waals surface area contributed by atoms with Gasteiger partial charge >= 0.3 is 0 Å². The second-order valence-electron chi connectivity index (χ2n) is 13.3. The summed E-state index contributed by atoms with van der Waals surface area (Å²) in [5.74, 6) is 0.407. The van der Waals surface area contributed by atoms with Crippen LogP contribution in [-0.2, 0) is 12.0 Å². The van der Waals surface area contributed by atoms with Crippen molar-refractivity contribution < 1.29 is 9.59 Å². The first-order chi connectivity index (χ1) is 20.2. The number of hydrogen-bond donors (Lipinski definition) is 1. The fourth-order valence-electron chi connectivity index (χ4n) is 6.91. The largest absolute Gasteiger partial charge is 0.369 e. The van der Waals surface area contributed by atoms with Gasteiger partial charge in [-0.3, -0.25) is 14.4 Å². The molecule has 2 amide bonds. The van der Waals surface area contributed by atoms with E-state index in [9.17, 15) is 14.4 Å². The van der Waals surface area contributed by atoms with Crippen LogP contribution in [0.2, 0.25) is 0 Å². The van der Waals surface area contributed by atoms with Gasteiger partial charge in [-0.2, -0.15) is 0 Å². The highest BCUT2D eigenvalue weighted by atomic mass is 16.2. The SMILES string of the molecule is CC(C)(C)c1ccc(C(=O)Nc2cc(C(=O)N3CCCCCC3)ccc2N2C[C@H]3C[C@@H](C2)c2cccc(=O)n2C3)cc1. The topological polar surface area (TPSA) is 74.7 Å². The molecule has 7 nitrogen and oxygen atoms in total. The van der Waals surface area contributed by atoms with Gasteiger partial charge in [0, 0.05) is 61.5 Å². The van der Waals surface area contributed by atoms with Gasteiger partial charge in [0.25, 0.3) is 17.4 Å². The molecule has 3 aliphatic heterocycles. The minimum absolute atomic E-state index is 0.000283. The maximum Gasteiger partial charge on any atom is 0.255 e. The van der Waals surface area contributed by atoms with Crippen molar-refractivity contribution >= 4 is 23.2 Å². The zero-order chi connectivity index (χ0) is 29.4. The van der Waals surface area contributed by atoms with Gasteiger partial charge in [0.1, 0.15) is 0 Å². The third-order valence-corrected chi connectivity index (χ3v) is 9.22. The molecule has 3 aliphatic rings. The number of aromatic nitrogens is 1. The number of fused-ring (bicyclic) bond motifs is 4. The summed E-state index contributed by atoms with van der Waals surface area (Å²) in [6.07, 6.45) is 5.42. The van der Waals surface area contributed by atoms with Gasteiger partial charge < -0.3 is 19.7 Å². The van der Waals surface area contributed by atoms with Crippen molar-refractivity contribution in [1.29, 1.82) is 0 Å². The molecule has 0 saturated carbocycles. The molecule has 0 radical (unpaired) electrons. The molecule has 2 saturated heterocycles. The van der Waals surface area contributed by atoms with Crippen LogP contribution in [0.1, 0.15) is 90.8 Å². The van der Waals surface area contributed by atoms with Crippen LogP contribution in [0.4, 0.5) is 11.4 Å². The maximum absolute atomic E-state index is 13.6.